The van der Waals surface area contributed by atoms with Crippen LogP contribution in [0.4, 0.5) is 5.69 Å². The molecule has 1 aromatic heterocycles. The first kappa shape index (κ1) is 30.0. The molecule has 1 fully saturated rings. The number of halogens is 2. The number of aliphatic hydroxyl groups is 1. The third-order valence-electron chi connectivity index (χ3n) is 6.76. The molecule has 9 nitrogen and oxygen atoms in total. The van der Waals surface area contributed by atoms with Gasteiger partial charge in [0.25, 0.3) is 0 Å². The molecule has 2 heterocycles. The van der Waals surface area contributed by atoms with Crippen LogP contribution in [-0.4, -0.2) is 37.7 Å². The van der Waals surface area contributed by atoms with Crippen LogP contribution in [0.2, 0.25) is 10.3 Å². The zero-order valence-corrected chi connectivity index (χ0v) is 23.5. The second kappa shape index (κ2) is 14.6. The molecule has 3 N–H and O–H groups in total. The van der Waals surface area contributed by atoms with Crippen LogP contribution < -0.4 is 5.32 Å². The Kier molecular flexibility index (Phi) is 11.0. The van der Waals surface area contributed by atoms with Gasteiger partial charge in [-0.2, -0.15) is 0 Å². The molecular weight excluding hydrogens is 557 g/mol. The number of nitrogens with one attached hydrogen (secondary N) is 1. The summed E-state index contributed by atoms with van der Waals surface area (Å²) in [6, 6.07) is 15.0. The summed E-state index contributed by atoms with van der Waals surface area (Å²) in [5.41, 5.74) is 3.26. The lowest BCUT2D eigenvalue weighted by atomic mass is 10.00. The number of carbonyl (C=O) groups is 2. The van der Waals surface area contributed by atoms with Crippen molar-refractivity contribution in [2.24, 2.45) is 0 Å². The molecule has 0 saturated carbocycles. The minimum atomic E-state index is -0.791. The molecule has 214 valence electrons. The van der Waals surface area contributed by atoms with Gasteiger partial charge in [0.2, 0.25) is 5.91 Å². The largest absolute Gasteiger partial charge is 0.481 e. The molecular formula is C29H33Cl2N3O6. The highest BCUT2D eigenvalue weighted by Gasteiger charge is 2.33. The quantitative estimate of drug-likeness (QED) is 0.200. The molecule has 3 aromatic rings. The van der Waals surface area contributed by atoms with Crippen LogP contribution in [0, 0.1) is 0 Å². The van der Waals surface area contributed by atoms with Gasteiger partial charge in [-0.3, -0.25) is 9.59 Å². The number of carboxylic acid groups (broad SMARTS) is 1. The number of anilines is 1. The zero-order chi connectivity index (χ0) is 28.5. The fraction of sp³-hybridized carbons (Fsp3) is 0.414. The summed E-state index contributed by atoms with van der Waals surface area (Å²) in [4.78, 5) is 27.0. The summed E-state index contributed by atoms with van der Waals surface area (Å²) >= 11 is 12.3. The third kappa shape index (κ3) is 8.52. The van der Waals surface area contributed by atoms with E-state index in [1.54, 1.807) is 10.9 Å². The fourth-order valence-electron chi connectivity index (χ4n) is 4.58. The van der Waals surface area contributed by atoms with Gasteiger partial charge in [-0.25, -0.2) is 4.98 Å². The van der Waals surface area contributed by atoms with E-state index in [0.29, 0.717) is 43.1 Å². The second-order valence-electron chi connectivity index (χ2n) is 9.81. The molecule has 1 aliphatic heterocycles. The van der Waals surface area contributed by atoms with Crippen LogP contribution in [0.15, 0.2) is 54.9 Å². The van der Waals surface area contributed by atoms with E-state index in [1.165, 1.54) is 0 Å². The van der Waals surface area contributed by atoms with Crippen LogP contribution >= 0.6 is 23.2 Å². The van der Waals surface area contributed by atoms with Crippen LogP contribution in [-0.2, 0) is 32.2 Å². The summed E-state index contributed by atoms with van der Waals surface area (Å²) in [6.07, 6.45) is 4.48. The first-order valence-corrected chi connectivity index (χ1v) is 14.1. The van der Waals surface area contributed by atoms with Gasteiger partial charge in [0, 0.05) is 30.5 Å². The van der Waals surface area contributed by atoms with Crippen molar-refractivity contribution >= 4 is 40.8 Å². The van der Waals surface area contributed by atoms with Gasteiger partial charge in [0.15, 0.2) is 11.4 Å². The van der Waals surface area contributed by atoms with Crippen molar-refractivity contribution in [2.45, 2.75) is 76.6 Å². The maximum absolute atomic E-state index is 12.3. The minimum Gasteiger partial charge on any atom is -0.481 e. The number of ether oxygens (including phenoxy) is 2. The lowest BCUT2D eigenvalue weighted by Gasteiger charge is -2.36. The predicted octanol–water partition coefficient (Wildman–Crippen LogP) is 6.29. The van der Waals surface area contributed by atoms with E-state index < -0.39 is 12.3 Å². The highest BCUT2D eigenvalue weighted by atomic mass is 35.5. The van der Waals surface area contributed by atoms with Crippen molar-refractivity contribution in [1.82, 2.24) is 9.55 Å². The number of amides is 1. The van der Waals surface area contributed by atoms with E-state index in [9.17, 15) is 14.7 Å². The first-order chi connectivity index (χ1) is 19.3. The number of imidazole rings is 1. The summed E-state index contributed by atoms with van der Waals surface area (Å²) < 4.78 is 14.4. The number of nitrogens with zero attached hydrogens (tertiary/aromatic N) is 2. The Morgan fingerprint density at radius 2 is 1.62 bits per heavy atom. The highest BCUT2D eigenvalue weighted by molar-refractivity contribution is 6.40. The van der Waals surface area contributed by atoms with Gasteiger partial charge in [0.05, 0.1) is 31.7 Å². The minimum absolute atomic E-state index is 0.0320. The van der Waals surface area contributed by atoms with Crippen molar-refractivity contribution in [3.8, 4) is 0 Å². The van der Waals surface area contributed by atoms with Crippen molar-refractivity contribution in [3.05, 3.63) is 81.9 Å². The Bertz CT molecular complexity index is 1270. The molecule has 1 saturated heterocycles. The van der Waals surface area contributed by atoms with Crippen molar-refractivity contribution in [2.75, 3.05) is 5.32 Å². The van der Waals surface area contributed by atoms with E-state index in [1.807, 2.05) is 48.5 Å². The predicted molar refractivity (Wildman–Crippen MR) is 151 cm³/mol. The lowest BCUT2D eigenvalue weighted by molar-refractivity contribution is -0.252. The van der Waals surface area contributed by atoms with Crippen LogP contribution in [0.5, 0.6) is 0 Å². The van der Waals surface area contributed by atoms with E-state index >= 15 is 0 Å². The first-order valence-electron chi connectivity index (χ1n) is 13.3. The molecule has 0 aliphatic carbocycles. The monoisotopic (exact) mass is 589 g/mol. The van der Waals surface area contributed by atoms with E-state index in [2.05, 4.69) is 10.3 Å². The summed E-state index contributed by atoms with van der Waals surface area (Å²) in [7, 11) is 0. The van der Waals surface area contributed by atoms with Gasteiger partial charge in [0.1, 0.15) is 5.15 Å². The number of hydrogen-bond donors (Lipinski definition) is 3. The number of carboxylic acids is 1. The van der Waals surface area contributed by atoms with Gasteiger partial charge in [-0.1, -0.05) is 72.4 Å². The summed E-state index contributed by atoms with van der Waals surface area (Å²) in [6.45, 7) is 0.407. The van der Waals surface area contributed by atoms with Crippen LogP contribution in [0.1, 0.15) is 74.0 Å². The Balaban J connectivity index is 1.39. The number of rotatable bonds is 13. The van der Waals surface area contributed by atoms with E-state index in [-0.39, 0.29) is 36.3 Å². The second-order valence-corrected chi connectivity index (χ2v) is 10.5. The third-order valence-corrected chi connectivity index (χ3v) is 7.53. The standard InChI is InChI=1S/C29H33Cl2N3O6/c30-27-28(31)34(18-32-27)16-23-15-24(20-9-7-19(17-35)8-10-20)40-29(39-23)21-11-13-22(14-12-21)33-25(36)5-3-1-2-4-6-26(37)38/h7-14,18,23-24,29,35H,1-6,15-17H2,(H,33,36)(H,37,38). The fourth-order valence-corrected chi connectivity index (χ4v) is 4.90. The zero-order valence-electron chi connectivity index (χ0n) is 22.0. The molecule has 40 heavy (non-hydrogen) atoms. The molecule has 11 heteroatoms. The summed E-state index contributed by atoms with van der Waals surface area (Å²) in [5.74, 6) is -0.876. The lowest BCUT2D eigenvalue weighted by Crippen LogP contribution is -2.32. The van der Waals surface area contributed by atoms with Crippen molar-refractivity contribution in [3.63, 3.8) is 0 Å². The number of benzene rings is 2. The Morgan fingerprint density at radius 1 is 0.950 bits per heavy atom. The number of unbranched alkanes of at least 4 members (excludes halogenated alkanes) is 3. The number of hydrogen-bond acceptors (Lipinski definition) is 6. The maximum atomic E-state index is 12.3. The molecule has 3 unspecified atom stereocenters. The average Bonchev–Trinajstić information content (AvgIpc) is 3.27. The van der Waals surface area contributed by atoms with Crippen LogP contribution in [0.25, 0.3) is 0 Å². The van der Waals surface area contributed by atoms with E-state index in [4.69, 9.17) is 37.8 Å². The molecule has 4 rings (SSSR count). The van der Waals surface area contributed by atoms with Gasteiger partial charge in [-0.05, 0) is 36.1 Å². The molecule has 2 aromatic carbocycles. The Hall–Kier alpha value is -2.95. The SMILES string of the molecule is O=C(O)CCCCCCC(=O)Nc1ccc(C2OC(Cn3cnc(Cl)c3Cl)CC(c3ccc(CO)cc3)O2)cc1. The molecule has 0 bridgehead atoms. The number of aromatic nitrogens is 2. The van der Waals surface area contributed by atoms with Gasteiger partial charge >= 0.3 is 5.97 Å². The Morgan fingerprint density at radius 3 is 2.25 bits per heavy atom. The Labute approximate surface area is 243 Å². The van der Waals surface area contributed by atoms with Crippen molar-refractivity contribution in [1.29, 1.82) is 0 Å². The summed E-state index contributed by atoms with van der Waals surface area (Å²) in [5, 5.41) is 21.6. The molecule has 1 aliphatic rings. The van der Waals surface area contributed by atoms with Crippen LogP contribution in [0.3, 0.4) is 0 Å². The topological polar surface area (TPSA) is 123 Å². The molecule has 1 amide bonds. The highest BCUT2D eigenvalue weighted by Crippen LogP contribution is 2.39. The molecule has 0 spiro atoms. The van der Waals surface area contributed by atoms with Crippen molar-refractivity contribution < 1.29 is 29.3 Å². The van der Waals surface area contributed by atoms with E-state index in [0.717, 1.165) is 29.5 Å². The van der Waals surface area contributed by atoms with Gasteiger partial charge < -0.3 is 29.6 Å². The molecule has 3 atom stereocenters. The smallest absolute Gasteiger partial charge is 0.303 e. The normalized spacial score (nSPS) is 18.9. The van der Waals surface area contributed by atoms with Gasteiger partial charge in [-0.15, -0.1) is 0 Å². The number of aliphatic carboxylic acids is 1. The maximum Gasteiger partial charge on any atom is 0.303 e. The average molecular weight is 591 g/mol. The number of carbonyl (C=O) groups excluding carboxylic acids is 1. The number of aliphatic hydroxyl groups excluding tert-OH is 1. The molecule has 0 radical (unpaired) electrons.